The van der Waals surface area contributed by atoms with Gasteiger partial charge in [-0.05, 0) is 29.3 Å². The van der Waals surface area contributed by atoms with Gasteiger partial charge in [-0.1, -0.05) is 18.2 Å². The molecule has 96 valence electrons. The molecule has 0 spiro atoms. The SMILES string of the molecule is O=C(O)C1Cc2ccccc2N1Cc1ccncc1. The van der Waals surface area contributed by atoms with E-state index >= 15 is 0 Å². The summed E-state index contributed by atoms with van der Waals surface area (Å²) < 4.78 is 0. The number of hydrogen-bond donors (Lipinski definition) is 1. The zero-order chi connectivity index (χ0) is 13.2. The molecule has 0 amide bonds. The van der Waals surface area contributed by atoms with E-state index in [1.165, 1.54) is 0 Å². The fourth-order valence-corrected chi connectivity index (χ4v) is 2.55. The molecule has 2 aromatic rings. The van der Waals surface area contributed by atoms with Crippen molar-refractivity contribution in [2.75, 3.05) is 4.90 Å². The smallest absolute Gasteiger partial charge is 0.326 e. The summed E-state index contributed by atoms with van der Waals surface area (Å²) in [7, 11) is 0. The Labute approximate surface area is 111 Å². The van der Waals surface area contributed by atoms with Crippen LogP contribution in [-0.2, 0) is 17.8 Å². The van der Waals surface area contributed by atoms with Gasteiger partial charge in [0.25, 0.3) is 0 Å². The molecule has 0 saturated heterocycles. The number of aromatic nitrogens is 1. The number of anilines is 1. The first kappa shape index (κ1) is 11.7. The summed E-state index contributed by atoms with van der Waals surface area (Å²) in [6, 6.07) is 11.2. The summed E-state index contributed by atoms with van der Waals surface area (Å²) in [6.45, 7) is 0.594. The maximum absolute atomic E-state index is 11.4. The molecule has 3 rings (SSSR count). The fraction of sp³-hybridized carbons (Fsp3) is 0.200. The second kappa shape index (κ2) is 4.72. The zero-order valence-electron chi connectivity index (χ0n) is 10.4. The van der Waals surface area contributed by atoms with Crippen molar-refractivity contribution in [1.82, 2.24) is 4.98 Å². The lowest BCUT2D eigenvalue weighted by Crippen LogP contribution is -2.38. The van der Waals surface area contributed by atoms with Gasteiger partial charge in [-0.25, -0.2) is 4.79 Å². The Bertz CT molecular complexity index is 598. The molecule has 0 bridgehead atoms. The van der Waals surface area contributed by atoms with Crippen molar-refractivity contribution in [3.8, 4) is 0 Å². The van der Waals surface area contributed by atoms with Gasteiger partial charge in [0.1, 0.15) is 6.04 Å². The lowest BCUT2D eigenvalue weighted by Gasteiger charge is -2.24. The predicted octanol–water partition coefficient (Wildman–Crippen LogP) is 2.10. The third kappa shape index (κ3) is 2.17. The third-order valence-corrected chi connectivity index (χ3v) is 3.48. The Hall–Kier alpha value is -2.36. The Morgan fingerprint density at radius 2 is 2.00 bits per heavy atom. The molecule has 1 aliphatic heterocycles. The second-order valence-corrected chi connectivity index (χ2v) is 4.67. The van der Waals surface area contributed by atoms with Gasteiger partial charge in [0.15, 0.2) is 0 Å². The number of benzene rings is 1. The largest absolute Gasteiger partial charge is 0.480 e. The summed E-state index contributed by atoms with van der Waals surface area (Å²) in [6.07, 6.45) is 4.02. The minimum absolute atomic E-state index is 0.481. The van der Waals surface area contributed by atoms with Gasteiger partial charge in [-0.15, -0.1) is 0 Å². The van der Waals surface area contributed by atoms with E-state index in [0.29, 0.717) is 13.0 Å². The topological polar surface area (TPSA) is 53.4 Å². The van der Waals surface area contributed by atoms with Crippen molar-refractivity contribution in [2.24, 2.45) is 0 Å². The number of carboxylic acid groups (broad SMARTS) is 1. The van der Waals surface area contributed by atoms with Crippen molar-refractivity contribution in [1.29, 1.82) is 0 Å². The lowest BCUT2D eigenvalue weighted by atomic mass is 10.1. The Kier molecular flexibility index (Phi) is 2.91. The van der Waals surface area contributed by atoms with E-state index in [1.807, 2.05) is 41.3 Å². The molecule has 19 heavy (non-hydrogen) atoms. The molecule has 1 unspecified atom stereocenters. The predicted molar refractivity (Wildman–Crippen MR) is 72.0 cm³/mol. The van der Waals surface area contributed by atoms with Crippen LogP contribution >= 0.6 is 0 Å². The van der Waals surface area contributed by atoms with E-state index < -0.39 is 12.0 Å². The zero-order valence-corrected chi connectivity index (χ0v) is 10.4. The van der Waals surface area contributed by atoms with E-state index in [2.05, 4.69) is 4.98 Å². The number of nitrogens with zero attached hydrogens (tertiary/aromatic N) is 2. The average molecular weight is 254 g/mol. The van der Waals surface area contributed by atoms with Gasteiger partial charge in [0.2, 0.25) is 0 Å². The van der Waals surface area contributed by atoms with Crippen LogP contribution in [-0.4, -0.2) is 22.1 Å². The van der Waals surface area contributed by atoms with Crippen LogP contribution in [0, 0.1) is 0 Å². The molecule has 0 saturated carbocycles. The molecule has 2 heterocycles. The molecule has 1 aromatic carbocycles. The van der Waals surface area contributed by atoms with Crippen LogP contribution in [0.15, 0.2) is 48.8 Å². The third-order valence-electron chi connectivity index (χ3n) is 3.48. The fourth-order valence-electron chi connectivity index (χ4n) is 2.55. The van der Waals surface area contributed by atoms with Gasteiger partial charge in [0, 0.05) is 31.0 Å². The first-order valence-electron chi connectivity index (χ1n) is 6.22. The number of pyridine rings is 1. The molecule has 0 aliphatic carbocycles. The van der Waals surface area contributed by atoms with Crippen LogP contribution in [0.2, 0.25) is 0 Å². The number of aliphatic carboxylic acids is 1. The Balaban J connectivity index is 1.94. The van der Waals surface area contributed by atoms with E-state index in [-0.39, 0.29) is 0 Å². The van der Waals surface area contributed by atoms with Crippen molar-refractivity contribution < 1.29 is 9.90 Å². The minimum Gasteiger partial charge on any atom is -0.480 e. The van der Waals surface area contributed by atoms with Crippen LogP contribution in [0.4, 0.5) is 5.69 Å². The number of carbonyl (C=O) groups is 1. The average Bonchev–Trinajstić information content (AvgIpc) is 2.79. The molecule has 0 radical (unpaired) electrons. The van der Waals surface area contributed by atoms with E-state index in [0.717, 1.165) is 16.8 Å². The standard InChI is InChI=1S/C15H14N2O2/c18-15(19)14-9-12-3-1-2-4-13(12)17(14)10-11-5-7-16-8-6-11/h1-8,14H,9-10H2,(H,18,19). The van der Waals surface area contributed by atoms with Crippen molar-refractivity contribution >= 4 is 11.7 Å². The summed E-state index contributed by atoms with van der Waals surface area (Å²) in [5.41, 5.74) is 3.19. The molecule has 1 aliphatic rings. The first-order valence-corrected chi connectivity index (χ1v) is 6.22. The van der Waals surface area contributed by atoms with Gasteiger partial charge in [-0.2, -0.15) is 0 Å². The van der Waals surface area contributed by atoms with Crippen LogP contribution in [0.1, 0.15) is 11.1 Å². The molecule has 1 N–H and O–H groups in total. The van der Waals surface area contributed by atoms with Crippen LogP contribution in [0.3, 0.4) is 0 Å². The first-order chi connectivity index (χ1) is 9.25. The van der Waals surface area contributed by atoms with Gasteiger partial charge in [0.05, 0.1) is 0 Å². The van der Waals surface area contributed by atoms with E-state index in [9.17, 15) is 9.90 Å². The van der Waals surface area contributed by atoms with Crippen molar-refractivity contribution in [2.45, 2.75) is 19.0 Å². The van der Waals surface area contributed by atoms with Gasteiger partial charge in [-0.3, -0.25) is 4.98 Å². The lowest BCUT2D eigenvalue weighted by molar-refractivity contribution is -0.138. The number of fused-ring (bicyclic) bond motifs is 1. The Morgan fingerprint density at radius 1 is 1.26 bits per heavy atom. The molecular weight excluding hydrogens is 240 g/mol. The highest BCUT2D eigenvalue weighted by Crippen LogP contribution is 2.33. The minimum atomic E-state index is -0.773. The number of para-hydroxylation sites is 1. The molecule has 1 aromatic heterocycles. The van der Waals surface area contributed by atoms with Crippen LogP contribution < -0.4 is 4.90 Å². The number of hydrogen-bond acceptors (Lipinski definition) is 3. The molecule has 1 atom stereocenters. The molecule has 4 nitrogen and oxygen atoms in total. The number of rotatable bonds is 3. The van der Waals surface area contributed by atoms with E-state index in [4.69, 9.17) is 0 Å². The Morgan fingerprint density at radius 3 is 2.74 bits per heavy atom. The molecule has 0 fully saturated rings. The van der Waals surface area contributed by atoms with Crippen molar-refractivity contribution in [3.63, 3.8) is 0 Å². The van der Waals surface area contributed by atoms with Gasteiger partial charge >= 0.3 is 5.97 Å². The van der Waals surface area contributed by atoms with Crippen LogP contribution in [0.25, 0.3) is 0 Å². The summed E-state index contributed by atoms with van der Waals surface area (Å²) in [5, 5.41) is 9.38. The summed E-state index contributed by atoms with van der Waals surface area (Å²) in [4.78, 5) is 17.4. The molecule has 4 heteroatoms. The van der Waals surface area contributed by atoms with Gasteiger partial charge < -0.3 is 10.0 Å². The van der Waals surface area contributed by atoms with E-state index in [1.54, 1.807) is 12.4 Å². The highest BCUT2D eigenvalue weighted by molar-refractivity contribution is 5.82. The summed E-state index contributed by atoms with van der Waals surface area (Å²) >= 11 is 0. The summed E-state index contributed by atoms with van der Waals surface area (Å²) in [5.74, 6) is -0.773. The maximum Gasteiger partial charge on any atom is 0.326 e. The quantitative estimate of drug-likeness (QED) is 0.911. The number of carboxylic acids is 1. The van der Waals surface area contributed by atoms with Crippen LogP contribution in [0.5, 0.6) is 0 Å². The van der Waals surface area contributed by atoms with Crippen molar-refractivity contribution in [3.05, 3.63) is 59.9 Å². The maximum atomic E-state index is 11.4. The highest BCUT2D eigenvalue weighted by atomic mass is 16.4. The molecular formula is C15H14N2O2. The second-order valence-electron chi connectivity index (χ2n) is 4.67. The monoisotopic (exact) mass is 254 g/mol. The normalized spacial score (nSPS) is 17.3. The highest BCUT2D eigenvalue weighted by Gasteiger charge is 2.33.